The van der Waals surface area contributed by atoms with Gasteiger partial charge in [0.25, 0.3) is 5.91 Å². The number of carbonyl (C=O) groups excluding carboxylic acids is 2. The minimum atomic E-state index is -0.579. The van der Waals surface area contributed by atoms with E-state index in [9.17, 15) is 9.59 Å². The highest BCUT2D eigenvalue weighted by atomic mass is 32.1. The number of para-hydroxylation sites is 1. The zero-order valence-electron chi connectivity index (χ0n) is 11.8. The molecule has 1 aromatic rings. The van der Waals surface area contributed by atoms with Crippen molar-refractivity contribution >= 4 is 30.1 Å². The molecule has 20 heavy (non-hydrogen) atoms. The van der Waals surface area contributed by atoms with Crippen LogP contribution in [0.25, 0.3) is 0 Å². The first kappa shape index (κ1) is 14.9. The molecule has 108 valence electrons. The van der Waals surface area contributed by atoms with E-state index in [1.54, 1.807) is 4.90 Å². The van der Waals surface area contributed by atoms with Crippen molar-refractivity contribution in [1.82, 2.24) is 5.32 Å². The van der Waals surface area contributed by atoms with Crippen LogP contribution in [-0.2, 0) is 16.0 Å². The monoisotopic (exact) mass is 292 g/mol. The molecule has 1 heterocycles. The van der Waals surface area contributed by atoms with E-state index in [0.29, 0.717) is 5.75 Å². The number of hydrogen-bond donors (Lipinski definition) is 2. The Kier molecular flexibility index (Phi) is 4.70. The summed E-state index contributed by atoms with van der Waals surface area (Å²) in [5, 5.41) is 2.67. The van der Waals surface area contributed by atoms with E-state index in [1.807, 2.05) is 25.1 Å². The highest BCUT2D eigenvalue weighted by molar-refractivity contribution is 7.80. The van der Waals surface area contributed by atoms with Crippen LogP contribution in [0.1, 0.15) is 25.8 Å². The van der Waals surface area contributed by atoms with Gasteiger partial charge < -0.3 is 10.2 Å². The van der Waals surface area contributed by atoms with Crippen molar-refractivity contribution in [2.45, 2.75) is 38.8 Å². The van der Waals surface area contributed by atoms with Crippen LogP contribution in [0.15, 0.2) is 24.3 Å². The Labute approximate surface area is 124 Å². The number of nitrogens with one attached hydrogen (secondary N) is 1. The molecule has 0 spiro atoms. The lowest BCUT2D eigenvalue weighted by atomic mass is 9.96. The SMILES string of the molecule is CC(=O)NC(CS)C(=O)N1c2ccccc2CCC1C. The van der Waals surface area contributed by atoms with Crippen LogP contribution in [0, 0.1) is 0 Å². The fraction of sp³-hybridized carbons (Fsp3) is 0.467. The second-order valence-corrected chi connectivity index (χ2v) is 5.53. The molecule has 2 amide bonds. The number of thiol groups is 1. The van der Waals surface area contributed by atoms with Crippen molar-refractivity contribution in [1.29, 1.82) is 0 Å². The molecule has 2 rings (SSSR count). The number of carbonyl (C=O) groups is 2. The molecule has 1 aliphatic heterocycles. The zero-order chi connectivity index (χ0) is 14.7. The van der Waals surface area contributed by atoms with Crippen molar-refractivity contribution in [3.05, 3.63) is 29.8 Å². The second kappa shape index (κ2) is 6.31. The van der Waals surface area contributed by atoms with Crippen molar-refractivity contribution in [2.24, 2.45) is 0 Å². The molecule has 2 atom stereocenters. The van der Waals surface area contributed by atoms with Crippen molar-refractivity contribution < 1.29 is 9.59 Å². The standard InChI is InChI=1S/C15H20N2O2S/c1-10-7-8-12-5-3-4-6-14(12)17(10)15(19)13(9-20)16-11(2)18/h3-6,10,13,20H,7-9H2,1-2H3,(H,16,18). The van der Waals surface area contributed by atoms with E-state index in [4.69, 9.17) is 0 Å². The molecule has 1 N–H and O–H groups in total. The molecule has 0 saturated carbocycles. The van der Waals surface area contributed by atoms with Crippen molar-refractivity contribution in [3.8, 4) is 0 Å². The van der Waals surface area contributed by atoms with Gasteiger partial charge in [0.2, 0.25) is 5.91 Å². The number of nitrogens with zero attached hydrogens (tertiary/aromatic N) is 1. The molecule has 0 radical (unpaired) electrons. The van der Waals surface area contributed by atoms with Crippen molar-refractivity contribution in [2.75, 3.05) is 10.7 Å². The smallest absolute Gasteiger partial charge is 0.250 e. The summed E-state index contributed by atoms with van der Waals surface area (Å²) < 4.78 is 0. The molecule has 0 fully saturated rings. The molecule has 1 aromatic carbocycles. The lowest BCUT2D eigenvalue weighted by Crippen LogP contribution is -2.53. The van der Waals surface area contributed by atoms with E-state index in [0.717, 1.165) is 18.5 Å². The maximum atomic E-state index is 12.7. The second-order valence-electron chi connectivity index (χ2n) is 5.16. The highest BCUT2D eigenvalue weighted by Gasteiger charge is 2.32. The fourth-order valence-corrected chi connectivity index (χ4v) is 2.87. The molecule has 5 heteroatoms. The van der Waals surface area contributed by atoms with Gasteiger partial charge in [0.05, 0.1) is 0 Å². The van der Waals surface area contributed by atoms with Crippen LogP contribution < -0.4 is 10.2 Å². The number of amides is 2. The number of benzene rings is 1. The molecule has 2 unspecified atom stereocenters. The first-order valence-electron chi connectivity index (χ1n) is 6.83. The van der Waals surface area contributed by atoms with E-state index in [1.165, 1.54) is 12.5 Å². The molecule has 0 aromatic heterocycles. The number of fused-ring (bicyclic) bond motifs is 1. The average molecular weight is 292 g/mol. The lowest BCUT2D eigenvalue weighted by molar-refractivity contribution is -0.126. The van der Waals surface area contributed by atoms with Gasteiger partial charge in [-0.15, -0.1) is 0 Å². The van der Waals surface area contributed by atoms with Crippen LogP contribution in [-0.4, -0.2) is 29.7 Å². The number of rotatable bonds is 3. The summed E-state index contributed by atoms with van der Waals surface area (Å²) in [6.07, 6.45) is 1.91. The van der Waals surface area contributed by atoms with Crippen LogP contribution >= 0.6 is 12.6 Å². The van der Waals surface area contributed by atoms with E-state index >= 15 is 0 Å². The minimum absolute atomic E-state index is 0.0881. The minimum Gasteiger partial charge on any atom is -0.344 e. The number of anilines is 1. The predicted molar refractivity (Wildman–Crippen MR) is 83.2 cm³/mol. The fourth-order valence-electron chi connectivity index (χ4n) is 2.62. The van der Waals surface area contributed by atoms with Gasteiger partial charge in [-0.1, -0.05) is 18.2 Å². The summed E-state index contributed by atoms with van der Waals surface area (Å²) in [5.74, 6) is -0.00531. The Balaban J connectivity index is 2.30. The van der Waals surface area contributed by atoms with Gasteiger partial charge in [0.15, 0.2) is 0 Å². The van der Waals surface area contributed by atoms with E-state index in [-0.39, 0.29) is 17.9 Å². The third kappa shape index (κ3) is 2.98. The third-order valence-electron chi connectivity index (χ3n) is 3.62. The summed E-state index contributed by atoms with van der Waals surface area (Å²) in [5.41, 5.74) is 2.13. The quantitative estimate of drug-likeness (QED) is 0.835. The number of aryl methyl sites for hydroxylation is 1. The zero-order valence-corrected chi connectivity index (χ0v) is 12.7. The highest BCUT2D eigenvalue weighted by Crippen LogP contribution is 2.30. The van der Waals surface area contributed by atoms with Crippen LogP contribution in [0.3, 0.4) is 0 Å². The Morgan fingerprint density at radius 1 is 1.45 bits per heavy atom. The van der Waals surface area contributed by atoms with Crippen LogP contribution in [0.2, 0.25) is 0 Å². The first-order valence-corrected chi connectivity index (χ1v) is 7.46. The van der Waals surface area contributed by atoms with Crippen LogP contribution in [0.5, 0.6) is 0 Å². The summed E-state index contributed by atoms with van der Waals surface area (Å²) in [4.78, 5) is 25.7. The topological polar surface area (TPSA) is 49.4 Å². The summed E-state index contributed by atoms with van der Waals surface area (Å²) in [6, 6.07) is 7.49. The normalized spacial score (nSPS) is 19.1. The maximum absolute atomic E-state index is 12.7. The summed E-state index contributed by atoms with van der Waals surface area (Å²) in [6.45, 7) is 3.45. The van der Waals surface area contributed by atoms with Gasteiger partial charge in [0, 0.05) is 24.4 Å². The summed E-state index contributed by atoms with van der Waals surface area (Å²) in [7, 11) is 0. The Morgan fingerprint density at radius 3 is 2.80 bits per heavy atom. The molecule has 4 nitrogen and oxygen atoms in total. The third-order valence-corrected chi connectivity index (χ3v) is 3.98. The molecular formula is C15H20N2O2S. The van der Waals surface area contributed by atoms with Crippen LogP contribution in [0.4, 0.5) is 5.69 Å². The predicted octanol–water partition coefficient (Wildman–Crippen LogP) is 1.79. The van der Waals surface area contributed by atoms with Gasteiger partial charge in [-0.25, -0.2) is 0 Å². The molecule has 0 saturated heterocycles. The molecule has 0 bridgehead atoms. The Bertz CT molecular complexity index is 518. The Hall–Kier alpha value is -1.49. The number of hydrogen-bond acceptors (Lipinski definition) is 3. The first-order chi connectivity index (χ1) is 9.54. The summed E-state index contributed by atoms with van der Waals surface area (Å²) >= 11 is 4.19. The average Bonchev–Trinajstić information content (AvgIpc) is 2.43. The van der Waals surface area contributed by atoms with Gasteiger partial charge in [-0.05, 0) is 31.4 Å². The van der Waals surface area contributed by atoms with Gasteiger partial charge >= 0.3 is 0 Å². The van der Waals surface area contributed by atoms with E-state index < -0.39 is 6.04 Å². The maximum Gasteiger partial charge on any atom is 0.250 e. The van der Waals surface area contributed by atoms with Gasteiger partial charge in [-0.3, -0.25) is 9.59 Å². The molecule has 0 aliphatic carbocycles. The largest absolute Gasteiger partial charge is 0.344 e. The van der Waals surface area contributed by atoms with Gasteiger partial charge in [-0.2, -0.15) is 12.6 Å². The van der Waals surface area contributed by atoms with Gasteiger partial charge in [0.1, 0.15) is 6.04 Å². The molecular weight excluding hydrogens is 272 g/mol. The molecule has 1 aliphatic rings. The van der Waals surface area contributed by atoms with Crippen molar-refractivity contribution in [3.63, 3.8) is 0 Å². The Morgan fingerprint density at radius 2 is 2.15 bits per heavy atom. The lowest BCUT2D eigenvalue weighted by Gasteiger charge is -2.37. The van der Waals surface area contributed by atoms with E-state index in [2.05, 4.69) is 24.0 Å².